The van der Waals surface area contributed by atoms with Gasteiger partial charge in [-0.2, -0.15) is 0 Å². The molecule has 1 aromatic carbocycles. The van der Waals surface area contributed by atoms with Crippen molar-refractivity contribution in [3.05, 3.63) is 33.4 Å². The first-order valence-corrected chi connectivity index (χ1v) is 5.81. The molecule has 13 heavy (non-hydrogen) atoms. The summed E-state index contributed by atoms with van der Waals surface area (Å²) in [6.07, 6.45) is 0. The maximum atomic E-state index is 2.42. The van der Waals surface area contributed by atoms with Gasteiger partial charge < -0.3 is 0 Å². The fraction of sp³-hybridized carbons (Fsp3) is 0.455. The highest BCUT2D eigenvalue weighted by Crippen LogP contribution is 2.09. The molecule has 0 fully saturated rings. The van der Waals surface area contributed by atoms with Gasteiger partial charge in [-0.1, -0.05) is 26.0 Å². The number of rotatable bonds is 4. The highest BCUT2D eigenvalue weighted by molar-refractivity contribution is 14.1. The molecule has 0 aliphatic rings. The standard InChI is InChI=1S/C11H16IN/c1-3-13(4-2)9-10-6-5-7-11(12)8-10/h5-8H,3-4,9H2,1-2H3. The van der Waals surface area contributed by atoms with E-state index < -0.39 is 0 Å². The van der Waals surface area contributed by atoms with Crippen LogP contribution < -0.4 is 0 Å². The van der Waals surface area contributed by atoms with E-state index in [4.69, 9.17) is 0 Å². The predicted molar refractivity (Wildman–Crippen MR) is 65.8 cm³/mol. The van der Waals surface area contributed by atoms with Gasteiger partial charge in [0, 0.05) is 10.1 Å². The zero-order valence-electron chi connectivity index (χ0n) is 8.26. The Morgan fingerprint density at radius 3 is 2.46 bits per heavy atom. The van der Waals surface area contributed by atoms with Crippen LogP contribution in [0.25, 0.3) is 0 Å². The largest absolute Gasteiger partial charge is 0.300 e. The molecule has 0 heterocycles. The Hall–Kier alpha value is -0.0900. The Balaban J connectivity index is 2.62. The molecule has 1 aromatic rings. The van der Waals surface area contributed by atoms with E-state index in [-0.39, 0.29) is 0 Å². The van der Waals surface area contributed by atoms with Crippen LogP contribution in [0.3, 0.4) is 0 Å². The maximum absolute atomic E-state index is 2.42. The van der Waals surface area contributed by atoms with Gasteiger partial charge in [-0.15, -0.1) is 0 Å². The minimum atomic E-state index is 1.07. The Bertz CT molecular complexity index is 256. The Morgan fingerprint density at radius 1 is 1.23 bits per heavy atom. The third kappa shape index (κ3) is 3.65. The van der Waals surface area contributed by atoms with E-state index in [2.05, 4.69) is 65.6 Å². The van der Waals surface area contributed by atoms with Gasteiger partial charge in [-0.25, -0.2) is 0 Å². The first kappa shape index (κ1) is 11.0. The number of nitrogens with zero attached hydrogens (tertiary/aromatic N) is 1. The molecule has 0 unspecified atom stereocenters. The summed E-state index contributed by atoms with van der Waals surface area (Å²) in [5, 5.41) is 0. The van der Waals surface area contributed by atoms with E-state index in [9.17, 15) is 0 Å². The van der Waals surface area contributed by atoms with Gasteiger partial charge in [0.05, 0.1) is 0 Å². The van der Waals surface area contributed by atoms with Gasteiger partial charge in [0.25, 0.3) is 0 Å². The molecular formula is C11H16IN. The van der Waals surface area contributed by atoms with E-state index >= 15 is 0 Å². The summed E-state index contributed by atoms with van der Waals surface area (Å²) in [5.74, 6) is 0. The van der Waals surface area contributed by atoms with Crippen LogP contribution in [0.4, 0.5) is 0 Å². The molecule has 0 saturated heterocycles. The third-order valence-corrected chi connectivity index (χ3v) is 2.86. The van der Waals surface area contributed by atoms with Gasteiger partial charge in [0.2, 0.25) is 0 Å². The van der Waals surface area contributed by atoms with E-state index in [1.54, 1.807) is 0 Å². The summed E-state index contributed by atoms with van der Waals surface area (Å²) in [6, 6.07) is 8.70. The molecule has 2 heteroatoms. The second kappa shape index (κ2) is 5.60. The van der Waals surface area contributed by atoms with Crippen molar-refractivity contribution in [2.24, 2.45) is 0 Å². The second-order valence-corrected chi connectivity index (χ2v) is 4.34. The van der Waals surface area contributed by atoms with Gasteiger partial charge in [-0.3, -0.25) is 4.90 Å². The first-order chi connectivity index (χ1) is 6.26. The molecule has 1 nitrogen and oxygen atoms in total. The van der Waals surface area contributed by atoms with Gasteiger partial charge in [-0.05, 0) is 53.4 Å². The SMILES string of the molecule is CCN(CC)Cc1cccc(I)c1. The quantitative estimate of drug-likeness (QED) is 0.770. The van der Waals surface area contributed by atoms with E-state index in [1.807, 2.05) is 0 Å². The molecule has 0 N–H and O–H groups in total. The summed E-state index contributed by atoms with van der Waals surface area (Å²) < 4.78 is 1.32. The molecule has 0 radical (unpaired) electrons. The summed E-state index contributed by atoms with van der Waals surface area (Å²) >= 11 is 2.36. The van der Waals surface area contributed by atoms with E-state index in [0.717, 1.165) is 19.6 Å². The summed E-state index contributed by atoms with van der Waals surface area (Å²) in [6.45, 7) is 7.74. The van der Waals surface area contributed by atoms with Crippen molar-refractivity contribution < 1.29 is 0 Å². The van der Waals surface area contributed by atoms with Crippen molar-refractivity contribution in [2.45, 2.75) is 20.4 Å². The molecule has 0 atom stereocenters. The molecule has 0 bridgehead atoms. The fourth-order valence-electron chi connectivity index (χ4n) is 1.34. The van der Waals surface area contributed by atoms with Crippen molar-refractivity contribution >= 4 is 22.6 Å². The van der Waals surface area contributed by atoms with Crippen LogP contribution >= 0.6 is 22.6 Å². The number of benzene rings is 1. The van der Waals surface area contributed by atoms with Crippen LogP contribution in [0, 0.1) is 3.57 Å². The average Bonchev–Trinajstić information content (AvgIpc) is 2.14. The number of hydrogen-bond donors (Lipinski definition) is 0. The third-order valence-electron chi connectivity index (χ3n) is 2.19. The lowest BCUT2D eigenvalue weighted by Gasteiger charge is -2.17. The molecular weight excluding hydrogens is 273 g/mol. The molecule has 1 rings (SSSR count). The summed E-state index contributed by atoms with van der Waals surface area (Å²) in [4.78, 5) is 2.42. The van der Waals surface area contributed by atoms with Crippen LogP contribution in [0.15, 0.2) is 24.3 Å². The summed E-state index contributed by atoms with van der Waals surface area (Å²) in [5.41, 5.74) is 1.41. The number of hydrogen-bond acceptors (Lipinski definition) is 1. The zero-order chi connectivity index (χ0) is 9.68. The molecule has 0 aliphatic carbocycles. The Morgan fingerprint density at radius 2 is 1.92 bits per heavy atom. The normalized spacial score (nSPS) is 10.8. The van der Waals surface area contributed by atoms with Crippen molar-refractivity contribution in [3.63, 3.8) is 0 Å². The van der Waals surface area contributed by atoms with Crippen LogP contribution in [0.2, 0.25) is 0 Å². The molecule has 0 amide bonds. The van der Waals surface area contributed by atoms with Gasteiger partial charge >= 0.3 is 0 Å². The minimum absolute atomic E-state index is 1.07. The fourth-order valence-corrected chi connectivity index (χ4v) is 1.95. The van der Waals surface area contributed by atoms with Crippen LogP contribution in [0.5, 0.6) is 0 Å². The van der Waals surface area contributed by atoms with Crippen LogP contribution in [0.1, 0.15) is 19.4 Å². The minimum Gasteiger partial charge on any atom is -0.300 e. The smallest absolute Gasteiger partial charge is 0.0233 e. The average molecular weight is 289 g/mol. The van der Waals surface area contributed by atoms with E-state index in [1.165, 1.54) is 9.13 Å². The van der Waals surface area contributed by atoms with Gasteiger partial charge in [0.1, 0.15) is 0 Å². The molecule has 0 aliphatic heterocycles. The van der Waals surface area contributed by atoms with Gasteiger partial charge in [0.15, 0.2) is 0 Å². The Kier molecular flexibility index (Phi) is 4.73. The Labute approximate surface area is 94.3 Å². The van der Waals surface area contributed by atoms with Crippen molar-refractivity contribution in [1.82, 2.24) is 4.90 Å². The molecule has 0 aromatic heterocycles. The second-order valence-electron chi connectivity index (χ2n) is 3.09. The lowest BCUT2D eigenvalue weighted by atomic mass is 10.2. The van der Waals surface area contributed by atoms with E-state index in [0.29, 0.717) is 0 Å². The zero-order valence-corrected chi connectivity index (χ0v) is 10.4. The lowest BCUT2D eigenvalue weighted by molar-refractivity contribution is 0.296. The monoisotopic (exact) mass is 289 g/mol. The predicted octanol–water partition coefficient (Wildman–Crippen LogP) is 3.13. The molecule has 0 spiro atoms. The molecule has 72 valence electrons. The van der Waals surface area contributed by atoms with Crippen LogP contribution in [-0.2, 0) is 6.54 Å². The highest BCUT2D eigenvalue weighted by Gasteiger charge is 2.00. The number of halogens is 1. The maximum Gasteiger partial charge on any atom is 0.0233 e. The highest BCUT2D eigenvalue weighted by atomic mass is 127. The van der Waals surface area contributed by atoms with Crippen molar-refractivity contribution in [1.29, 1.82) is 0 Å². The van der Waals surface area contributed by atoms with Crippen molar-refractivity contribution in [2.75, 3.05) is 13.1 Å². The summed E-state index contributed by atoms with van der Waals surface area (Å²) in [7, 11) is 0. The lowest BCUT2D eigenvalue weighted by Crippen LogP contribution is -2.22. The van der Waals surface area contributed by atoms with Crippen LogP contribution in [-0.4, -0.2) is 18.0 Å². The van der Waals surface area contributed by atoms with Crippen molar-refractivity contribution in [3.8, 4) is 0 Å². The first-order valence-electron chi connectivity index (χ1n) is 4.73. The topological polar surface area (TPSA) is 3.24 Å². The molecule has 0 saturated carbocycles.